The summed E-state index contributed by atoms with van der Waals surface area (Å²) in [6.45, 7) is 0. The molecule has 0 bridgehead atoms. The van der Waals surface area contributed by atoms with Crippen LogP contribution in [-0.4, -0.2) is 43.9 Å². The minimum atomic E-state index is -0.718. The minimum Gasteiger partial charge on any atom is -0.390 e. The molecule has 0 fully saturated rings. The lowest BCUT2D eigenvalue weighted by Crippen LogP contribution is -2.30. The van der Waals surface area contributed by atoms with Crippen LogP contribution in [0.15, 0.2) is 48.8 Å². The second-order valence-electron chi connectivity index (χ2n) is 4.81. The van der Waals surface area contributed by atoms with Crippen molar-refractivity contribution in [3.63, 3.8) is 0 Å². The van der Waals surface area contributed by atoms with Crippen molar-refractivity contribution in [3.05, 3.63) is 60.2 Å². The van der Waals surface area contributed by atoms with Crippen molar-refractivity contribution < 1.29 is 10.2 Å². The van der Waals surface area contributed by atoms with E-state index in [1.54, 1.807) is 35.9 Å². The average molecular weight is 336 g/mol. The molecular weight excluding hydrogens is 316 g/mol. The van der Waals surface area contributed by atoms with E-state index in [4.69, 9.17) is 0 Å². The maximum Gasteiger partial charge on any atom is 0.0897 e. The third-order valence-electron chi connectivity index (χ3n) is 2.97. The average Bonchev–Trinajstić information content (AvgIpc) is 2.56. The number of aliphatic hydroxyl groups is 2. The fourth-order valence-electron chi connectivity index (χ4n) is 1.76. The Labute approximate surface area is 139 Å². The normalized spacial score (nSPS) is 13.7. The first-order valence-corrected chi connectivity index (χ1v) is 9.38. The summed E-state index contributed by atoms with van der Waals surface area (Å²) in [5, 5.41) is 19.9. The molecular formula is C16H20N2O2S2. The van der Waals surface area contributed by atoms with Crippen LogP contribution in [-0.2, 0) is 11.5 Å². The van der Waals surface area contributed by atoms with Crippen LogP contribution in [0, 0.1) is 0 Å². The summed E-state index contributed by atoms with van der Waals surface area (Å²) >= 11 is 3.16. The molecule has 0 unspecified atom stereocenters. The van der Waals surface area contributed by atoms with E-state index < -0.39 is 12.2 Å². The van der Waals surface area contributed by atoms with Crippen molar-refractivity contribution in [1.29, 1.82) is 0 Å². The van der Waals surface area contributed by atoms with Crippen molar-refractivity contribution in [2.75, 3.05) is 11.5 Å². The maximum atomic E-state index is 9.97. The molecule has 2 N–H and O–H groups in total. The van der Waals surface area contributed by atoms with Gasteiger partial charge in [-0.05, 0) is 24.3 Å². The lowest BCUT2D eigenvalue weighted by Gasteiger charge is -2.17. The summed E-state index contributed by atoms with van der Waals surface area (Å²) in [4.78, 5) is 8.46. The molecule has 0 saturated carbocycles. The molecule has 0 aliphatic carbocycles. The highest BCUT2D eigenvalue weighted by Crippen LogP contribution is 2.16. The zero-order valence-electron chi connectivity index (χ0n) is 12.2. The van der Waals surface area contributed by atoms with Gasteiger partial charge in [0.1, 0.15) is 0 Å². The van der Waals surface area contributed by atoms with Crippen LogP contribution >= 0.6 is 23.5 Å². The molecule has 0 spiro atoms. The number of aromatic nitrogens is 2. The molecule has 0 amide bonds. The fraction of sp³-hybridized carbons (Fsp3) is 0.375. The van der Waals surface area contributed by atoms with Crippen LogP contribution < -0.4 is 0 Å². The number of rotatable bonds is 9. The van der Waals surface area contributed by atoms with Crippen LogP contribution in [0.3, 0.4) is 0 Å². The first kappa shape index (κ1) is 17.3. The molecule has 0 aliphatic rings. The van der Waals surface area contributed by atoms with Crippen molar-refractivity contribution in [1.82, 2.24) is 9.97 Å². The fourth-order valence-corrected chi connectivity index (χ4v) is 3.68. The van der Waals surface area contributed by atoms with Crippen LogP contribution in [0.4, 0.5) is 0 Å². The Hall–Kier alpha value is -1.08. The highest BCUT2D eigenvalue weighted by Gasteiger charge is 2.16. The van der Waals surface area contributed by atoms with E-state index in [-0.39, 0.29) is 0 Å². The number of hydrogen-bond acceptors (Lipinski definition) is 6. The van der Waals surface area contributed by atoms with Gasteiger partial charge in [-0.15, -0.1) is 0 Å². The van der Waals surface area contributed by atoms with Crippen LogP contribution in [0.25, 0.3) is 0 Å². The molecule has 2 aromatic rings. The predicted molar refractivity (Wildman–Crippen MR) is 92.8 cm³/mol. The summed E-state index contributed by atoms with van der Waals surface area (Å²) in [6.07, 6.45) is 2.08. The highest BCUT2D eigenvalue weighted by atomic mass is 32.2. The highest BCUT2D eigenvalue weighted by molar-refractivity contribution is 7.98. The largest absolute Gasteiger partial charge is 0.390 e. The van der Waals surface area contributed by atoms with Gasteiger partial charge in [-0.3, -0.25) is 9.97 Å². The number of hydrogen-bond donors (Lipinski definition) is 2. The molecule has 2 heterocycles. The van der Waals surface area contributed by atoms with Crippen LogP contribution in [0.1, 0.15) is 11.4 Å². The molecule has 118 valence electrons. The number of aliphatic hydroxyl groups excluding tert-OH is 2. The summed E-state index contributed by atoms with van der Waals surface area (Å²) in [7, 11) is 0. The number of nitrogens with zero attached hydrogens (tertiary/aromatic N) is 2. The minimum absolute atomic E-state index is 0.502. The van der Waals surface area contributed by atoms with Crippen molar-refractivity contribution in [2.45, 2.75) is 23.7 Å². The third-order valence-corrected chi connectivity index (χ3v) is 5.13. The first-order chi connectivity index (χ1) is 10.8. The van der Waals surface area contributed by atoms with E-state index in [1.165, 1.54) is 0 Å². The van der Waals surface area contributed by atoms with Crippen molar-refractivity contribution >= 4 is 23.5 Å². The summed E-state index contributed by atoms with van der Waals surface area (Å²) in [6, 6.07) is 11.6. The van der Waals surface area contributed by atoms with Gasteiger partial charge in [-0.1, -0.05) is 12.1 Å². The zero-order valence-corrected chi connectivity index (χ0v) is 13.8. The summed E-state index contributed by atoms with van der Waals surface area (Å²) in [5.74, 6) is 2.49. The number of thioether (sulfide) groups is 2. The number of pyridine rings is 2. The van der Waals surface area contributed by atoms with E-state index >= 15 is 0 Å². The van der Waals surface area contributed by atoms with Gasteiger partial charge >= 0.3 is 0 Å². The van der Waals surface area contributed by atoms with E-state index in [9.17, 15) is 10.2 Å². The van der Waals surface area contributed by atoms with Gasteiger partial charge in [0.2, 0.25) is 0 Å². The van der Waals surface area contributed by atoms with Gasteiger partial charge in [-0.2, -0.15) is 23.5 Å². The summed E-state index contributed by atoms with van der Waals surface area (Å²) in [5.41, 5.74) is 1.97. The standard InChI is InChI=1S/C16H20N2O2S2/c19-15(11-21-9-13-5-1-3-7-17-13)16(20)12-22-10-14-6-2-4-8-18-14/h1-8,15-16,19-20H,9-12H2/t15-,16+. The SMILES string of the molecule is O[C@H](CSCc1ccccn1)[C@@H](O)CSCc1ccccn1. The Bertz CT molecular complexity index is 479. The molecule has 0 aromatic carbocycles. The molecule has 2 rings (SSSR count). The van der Waals surface area contributed by atoms with Gasteiger partial charge in [-0.25, -0.2) is 0 Å². The van der Waals surface area contributed by atoms with Crippen LogP contribution in [0.5, 0.6) is 0 Å². The summed E-state index contributed by atoms with van der Waals surface area (Å²) < 4.78 is 0. The van der Waals surface area contributed by atoms with Gasteiger partial charge in [0.15, 0.2) is 0 Å². The van der Waals surface area contributed by atoms with E-state index in [0.717, 1.165) is 22.9 Å². The Morgan fingerprint density at radius 1 is 0.773 bits per heavy atom. The molecule has 22 heavy (non-hydrogen) atoms. The second-order valence-corrected chi connectivity index (χ2v) is 6.87. The first-order valence-electron chi connectivity index (χ1n) is 7.07. The van der Waals surface area contributed by atoms with Crippen molar-refractivity contribution in [2.24, 2.45) is 0 Å². The predicted octanol–water partition coefficient (Wildman–Crippen LogP) is 2.37. The Morgan fingerprint density at radius 2 is 1.23 bits per heavy atom. The molecule has 2 aromatic heterocycles. The lowest BCUT2D eigenvalue weighted by molar-refractivity contribution is 0.0499. The van der Waals surface area contributed by atoms with Gasteiger partial charge in [0.05, 0.1) is 23.6 Å². The van der Waals surface area contributed by atoms with E-state index in [1.807, 2.05) is 36.4 Å². The van der Waals surface area contributed by atoms with E-state index in [0.29, 0.717) is 11.5 Å². The van der Waals surface area contributed by atoms with Gasteiger partial charge in [0, 0.05) is 35.4 Å². The maximum absolute atomic E-state index is 9.97. The lowest BCUT2D eigenvalue weighted by atomic mass is 10.3. The van der Waals surface area contributed by atoms with Crippen LogP contribution in [0.2, 0.25) is 0 Å². The molecule has 0 radical (unpaired) electrons. The molecule has 0 saturated heterocycles. The van der Waals surface area contributed by atoms with E-state index in [2.05, 4.69) is 9.97 Å². The monoisotopic (exact) mass is 336 g/mol. The van der Waals surface area contributed by atoms with Gasteiger partial charge in [0.25, 0.3) is 0 Å². The Morgan fingerprint density at radius 3 is 1.59 bits per heavy atom. The quantitative estimate of drug-likeness (QED) is 0.733. The Kier molecular flexibility index (Phi) is 7.73. The van der Waals surface area contributed by atoms with Gasteiger partial charge < -0.3 is 10.2 Å². The molecule has 4 nitrogen and oxygen atoms in total. The molecule has 2 atom stereocenters. The zero-order chi connectivity index (χ0) is 15.6. The molecule has 0 aliphatic heterocycles. The molecule has 6 heteroatoms. The third kappa shape index (κ3) is 6.36. The Balaban J connectivity index is 1.61. The smallest absolute Gasteiger partial charge is 0.0897 e. The second kappa shape index (κ2) is 9.84. The topological polar surface area (TPSA) is 66.2 Å². The van der Waals surface area contributed by atoms with Crippen molar-refractivity contribution in [3.8, 4) is 0 Å².